The second kappa shape index (κ2) is 6.85. The van der Waals surface area contributed by atoms with Crippen LogP contribution in [0, 0.1) is 6.92 Å². The van der Waals surface area contributed by atoms with E-state index in [9.17, 15) is 0 Å². The summed E-state index contributed by atoms with van der Waals surface area (Å²) in [4.78, 5) is 10.8. The topological polar surface area (TPSA) is 53.1 Å². The van der Waals surface area contributed by atoms with Gasteiger partial charge in [0.1, 0.15) is 5.82 Å². The van der Waals surface area contributed by atoms with E-state index in [1.807, 2.05) is 27.1 Å². The first kappa shape index (κ1) is 13.4. The highest BCUT2D eigenvalue weighted by Gasteiger charge is 2.00. The van der Waals surface area contributed by atoms with Crippen LogP contribution >= 0.6 is 0 Å². The van der Waals surface area contributed by atoms with Crippen LogP contribution in [0.1, 0.15) is 5.69 Å². The molecule has 0 amide bonds. The molecule has 0 bridgehead atoms. The molecule has 0 aliphatic rings. The summed E-state index contributed by atoms with van der Waals surface area (Å²) in [5.74, 6) is 1.49. The number of hydrogen-bond donors (Lipinski definition) is 2. The van der Waals surface area contributed by atoms with Crippen LogP contribution in [-0.2, 0) is 0 Å². The van der Waals surface area contributed by atoms with Gasteiger partial charge in [0.05, 0.1) is 0 Å². The van der Waals surface area contributed by atoms with Crippen LogP contribution in [0.15, 0.2) is 18.7 Å². The van der Waals surface area contributed by atoms with E-state index in [-0.39, 0.29) is 0 Å². The van der Waals surface area contributed by atoms with Crippen LogP contribution in [0.5, 0.6) is 0 Å². The maximum absolute atomic E-state index is 4.37. The van der Waals surface area contributed by atoms with Crippen molar-refractivity contribution in [2.75, 3.05) is 44.4 Å². The zero-order valence-electron chi connectivity index (χ0n) is 10.8. The normalized spacial score (nSPS) is 10.4. The molecule has 5 nitrogen and oxygen atoms in total. The molecule has 0 radical (unpaired) electrons. The number of nitrogens with one attached hydrogen (secondary N) is 2. The van der Waals surface area contributed by atoms with Crippen molar-refractivity contribution >= 4 is 11.8 Å². The van der Waals surface area contributed by atoms with Gasteiger partial charge in [0.2, 0.25) is 5.95 Å². The SMILES string of the molecule is C=CCNc1nc(C)cc(NCCN(C)C)n1. The van der Waals surface area contributed by atoms with Crippen molar-refractivity contribution in [2.45, 2.75) is 6.92 Å². The number of aromatic nitrogens is 2. The van der Waals surface area contributed by atoms with E-state index in [4.69, 9.17) is 0 Å². The van der Waals surface area contributed by atoms with Gasteiger partial charge in [-0.3, -0.25) is 0 Å². The molecule has 94 valence electrons. The molecule has 1 aromatic heterocycles. The van der Waals surface area contributed by atoms with Crippen molar-refractivity contribution in [1.29, 1.82) is 0 Å². The second-order valence-electron chi connectivity index (χ2n) is 4.12. The molecular formula is C12H21N5. The fourth-order valence-electron chi connectivity index (χ4n) is 1.31. The first-order chi connectivity index (χ1) is 8.11. The van der Waals surface area contributed by atoms with Crippen LogP contribution in [0.4, 0.5) is 11.8 Å². The number of aryl methyl sites for hydroxylation is 1. The lowest BCUT2D eigenvalue weighted by Crippen LogP contribution is -2.21. The third-order valence-electron chi connectivity index (χ3n) is 2.12. The molecule has 1 rings (SSSR count). The number of hydrogen-bond acceptors (Lipinski definition) is 5. The minimum absolute atomic E-state index is 0.636. The Morgan fingerprint density at radius 3 is 2.76 bits per heavy atom. The monoisotopic (exact) mass is 235 g/mol. The largest absolute Gasteiger partial charge is 0.369 e. The lowest BCUT2D eigenvalue weighted by Gasteiger charge is -2.12. The molecule has 0 fully saturated rings. The minimum Gasteiger partial charge on any atom is -0.369 e. The summed E-state index contributed by atoms with van der Waals surface area (Å²) in [6.07, 6.45) is 1.78. The minimum atomic E-state index is 0.636. The Hall–Kier alpha value is -1.62. The van der Waals surface area contributed by atoms with Gasteiger partial charge in [-0.05, 0) is 21.0 Å². The average Bonchev–Trinajstić information content (AvgIpc) is 2.25. The number of anilines is 2. The predicted octanol–water partition coefficient (Wildman–Crippen LogP) is 1.36. The zero-order chi connectivity index (χ0) is 12.7. The van der Waals surface area contributed by atoms with Crippen LogP contribution in [0.25, 0.3) is 0 Å². The summed E-state index contributed by atoms with van der Waals surface area (Å²) in [5, 5.41) is 6.36. The fraction of sp³-hybridized carbons (Fsp3) is 0.500. The number of rotatable bonds is 7. The quantitative estimate of drug-likeness (QED) is 0.699. The van der Waals surface area contributed by atoms with Crippen molar-refractivity contribution < 1.29 is 0 Å². The van der Waals surface area contributed by atoms with Gasteiger partial charge in [-0.15, -0.1) is 6.58 Å². The predicted molar refractivity (Wildman–Crippen MR) is 72.5 cm³/mol. The molecule has 0 aliphatic heterocycles. The molecule has 0 saturated heterocycles. The van der Waals surface area contributed by atoms with Crippen LogP contribution in [-0.4, -0.2) is 48.6 Å². The van der Waals surface area contributed by atoms with Crippen molar-refractivity contribution in [2.24, 2.45) is 0 Å². The molecule has 0 spiro atoms. The molecule has 0 unspecified atom stereocenters. The Morgan fingerprint density at radius 2 is 2.12 bits per heavy atom. The van der Waals surface area contributed by atoms with Crippen molar-refractivity contribution in [3.05, 3.63) is 24.4 Å². The molecule has 17 heavy (non-hydrogen) atoms. The van der Waals surface area contributed by atoms with Gasteiger partial charge in [-0.1, -0.05) is 6.08 Å². The van der Waals surface area contributed by atoms with Crippen LogP contribution < -0.4 is 10.6 Å². The third kappa shape index (κ3) is 5.31. The van der Waals surface area contributed by atoms with E-state index in [1.54, 1.807) is 6.08 Å². The highest BCUT2D eigenvalue weighted by molar-refractivity contribution is 5.42. The maximum Gasteiger partial charge on any atom is 0.225 e. The standard InChI is InChI=1S/C12H21N5/c1-5-6-14-12-15-10(2)9-11(16-12)13-7-8-17(3)4/h5,9H,1,6-8H2,2-4H3,(H2,13,14,15,16). The van der Waals surface area contributed by atoms with Gasteiger partial charge in [0.15, 0.2) is 0 Å². The van der Waals surface area contributed by atoms with Gasteiger partial charge in [0, 0.05) is 31.4 Å². The van der Waals surface area contributed by atoms with Crippen molar-refractivity contribution in [3.8, 4) is 0 Å². The summed E-state index contributed by atoms with van der Waals surface area (Å²) < 4.78 is 0. The molecule has 1 heterocycles. The van der Waals surface area contributed by atoms with E-state index < -0.39 is 0 Å². The Labute approximate surface area is 103 Å². The lowest BCUT2D eigenvalue weighted by atomic mass is 10.4. The number of likely N-dealkylation sites (N-methyl/N-ethyl adjacent to an activating group) is 1. The lowest BCUT2D eigenvalue weighted by molar-refractivity contribution is 0.425. The molecule has 5 heteroatoms. The highest BCUT2D eigenvalue weighted by atomic mass is 15.2. The highest BCUT2D eigenvalue weighted by Crippen LogP contribution is 2.08. The Bertz CT molecular complexity index is 362. The van der Waals surface area contributed by atoms with Crippen molar-refractivity contribution in [1.82, 2.24) is 14.9 Å². The zero-order valence-corrected chi connectivity index (χ0v) is 10.8. The smallest absolute Gasteiger partial charge is 0.225 e. The summed E-state index contributed by atoms with van der Waals surface area (Å²) in [6, 6.07) is 1.94. The first-order valence-electron chi connectivity index (χ1n) is 5.71. The summed E-state index contributed by atoms with van der Waals surface area (Å²) in [5.41, 5.74) is 0.943. The average molecular weight is 235 g/mol. The van der Waals surface area contributed by atoms with Gasteiger partial charge in [0.25, 0.3) is 0 Å². The van der Waals surface area contributed by atoms with Crippen molar-refractivity contribution in [3.63, 3.8) is 0 Å². The van der Waals surface area contributed by atoms with Gasteiger partial charge in [-0.2, -0.15) is 4.98 Å². The van der Waals surface area contributed by atoms with E-state index in [2.05, 4.69) is 32.1 Å². The first-order valence-corrected chi connectivity index (χ1v) is 5.71. The Kier molecular flexibility index (Phi) is 5.42. The molecular weight excluding hydrogens is 214 g/mol. The van der Waals surface area contributed by atoms with E-state index in [0.29, 0.717) is 12.5 Å². The summed E-state index contributed by atoms with van der Waals surface area (Å²) in [6.45, 7) is 8.11. The van der Waals surface area contributed by atoms with Crippen LogP contribution in [0.2, 0.25) is 0 Å². The number of nitrogens with zero attached hydrogens (tertiary/aromatic N) is 3. The molecule has 1 aromatic rings. The van der Waals surface area contributed by atoms with E-state index in [0.717, 1.165) is 24.6 Å². The summed E-state index contributed by atoms with van der Waals surface area (Å²) >= 11 is 0. The molecule has 2 N–H and O–H groups in total. The molecule has 0 atom stereocenters. The summed E-state index contributed by atoms with van der Waals surface area (Å²) in [7, 11) is 4.09. The Balaban J connectivity index is 2.58. The van der Waals surface area contributed by atoms with E-state index >= 15 is 0 Å². The molecule has 0 aromatic carbocycles. The maximum atomic E-state index is 4.37. The van der Waals surface area contributed by atoms with E-state index in [1.165, 1.54) is 0 Å². The van der Waals surface area contributed by atoms with Gasteiger partial charge in [-0.25, -0.2) is 4.98 Å². The molecule has 0 saturated carbocycles. The van der Waals surface area contributed by atoms with Gasteiger partial charge >= 0.3 is 0 Å². The second-order valence-corrected chi connectivity index (χ2v) is 4.12. The third-order valence-corrected chi connectivity index (χ3v) is 2.12. The fourth-order valence-corrected chi connectivity index (χ4v) is 1.31. The Morgan fingerprint density at radius 1 is 1.35 bits per heavy atom. The molecule has 0 aliphatic carbocycles. The van der Waals surface area contributed by atoms with Gasteiger partial charge < -0.3 is 15.5 Å². The van der Waals surface area contributed by atoms with Crippen LogP contribution in [0.3, 0.4) is 0 Å².